The van der Waals surface area contributed by atoms with Crippen molar-refractivity contribution in [1.29, 1.82) is 0 Å². The summed E-state index contributed by atoms with van der Waals surface area (Å²) in [5.74, 6) is -2.12. The van der Waals surface area contributed by atoms with Gasteiger partial charge in [0.2, 0.25) is 11.8 Å². The molecule has 1 aliphatic heterocycles. The molecule has 1 saturated heterocycles. The Hall–Kier alpha value is -3.56. The Labute approximate surface area is 186 Å². The van der Waals surface area contributed by atoms with Gasteiger partial charge in [0.25, 0.3) is 5.91 Å². The predicted octanol–water partition coefficient (Wildman–Crippen LogP) is 2.83. The van der Waals surface area contributed by atoms with E-state index in [1.807, 2.05) is 0 Å². The molecule has 1 aromatic heterocycles. The minimum absolute atomic E-state index is 0.00947. The molecule has 10 heteroatoms. The van der Waals surface area contributed by atoms with Gasteiger partial charge >= 0.3 is 6.18 Å². The maximum Gasteiger partial charge on any atom is 0.433 e. The Morgan fingerprint density at radius 2 is 1.97 bits per heavy atom. The van der Waals surface area contributed by atoms with Gasteiger partial charge in [-0.3, -0.25) is 29.5 Å². The number of aromatic nitrogens is 1. The molecule has 2 atom stereocenters. The summed E-state index contributed by atoms with van der Waals surface area (Å²) >= 11 is 0. The molecule has 1 aliphatic carbocycles. The van der Waals surface area contributed by atoms with Crippen LogP contribution in [0.2, 0.25) is 0 Å². The number of imide groups is 1. The van der Waals surface area contributed by atoms with Crippen molar-refractivity contribution in [2.45, 2.75) is 38.9 Å². The first kappa shape index (κ1) is 22.6. The van der Waals surface area contributed by atoms with Crippen molar-refractivity contribution < 1.29 is 32.3 Å². The van der Waals surface area contributed by atoms with Crippen LogP contribution in [0, 0.1) is 11.3 Å². The normalized spacial score (nSPS) is 22.7. The maximum absolute atomic E-state index is 13.1. The van der Waals surface area contributed by atoms with Gasteiger partial charge in [-0.2, -0.15) is 13.2 Å². The summed E-state index contributed by atoms with van der Waals surface area (Å²) in [7, 11) is 0. The van der Waals surface area contributed by atoms with E-state index in [1.54, 1.807) is 25.1 Å². The van der Waals surface area contributed by atoms with Crippen molar-refractivity contribution in [3.8, 4) is 0 Å². The van der Waals surface area contributed by atoms with Crippen molar-refractivity contribution in [3.63, 3.8) is 0 Å². The molecule has 172 valence electrons. The number of Topliss-reactive ketones (excluding diaryl/α,β-unsaturated/α-hetero) is 1. The van der Waals surface area contributed by atoms with Crippen molar-refractivity contribution in [2.24, 2.45) is 11.3 Å². The molecule has 4 rings (SSSR count). The number of rotatable bonds is 4. The van der Waals surface area contributed by atoms with Gasteiger partial charge in [0, 0.05) is 30.1 Å². The Balaban J connectivity index is 1.44. The predicted molar refractivity (Wildman–Crippen MR) is 109 cm³/mol. The molecular formula is C23H20F3N3O4. The van der Waals surface area contributed by atoms with Gasteiger partial charge in [0.15, 0.2) is 5.78 Å². The van der Waals surface area contributed by atoms with Gasteiger partial charge in [0.1, 0.15) is 5.69 Å². The summed E-state index contributed by atoms with van der Waals surface area (Å²) < 4.78 is 37.8. The lowest BCUT2D eigenvalue weighted by molar-refractivity contribution is -0.141. The monoisotopic (exact) mass is 459 g/mol. The van der Waals surface area contributed by atoms with E-state index < -0.39 is 35.0 Å². The summed E-state index contributed by atoms with van der Waals surface area (Å²) in [6, 6.07) is 6.90. The number of halogens is 3. The van der Waals surface area contributed by atoms with E-state index in [4.69, 9.17) is 0 Å². The molecule has 1 unspecified atom stereocenters. The average Bonchev–Trinajstić information content (AvgIpc) is 3.01. The Morgan fingerprint density at radius 3 is 2.61 bits per heavy atom. The molecule has 1 aromatic carbocycles. The first-order valence-corrected chi connectivity index (χ1v) is 10.3. The zero-order valence-corrected chi connectivity index (χ0v) is 17.6. The van der Waals surface area contributed by atoms with E-state index in [2.05, 4.69) is 15.6 Å². The zero-order valence-electron chi connectivity index (χ0n) is 17.6. The number of amides is 3. The molecule has 1 fully saturated rings. The molecular weight excluding hydrogens is 439 g/mol. The second kappa shape index (κ2) is 8.09. The number of carbonyl (C=O) groups is 4. The summed E-state index contributed by atoms with van der Waals surface area (Å²) in [5, 5.41) is 4.93. The molecule has 2 N–H and O–H groups in total. The molecule has 7 nitrogen and oxygen atoms in total. The number of benzene rings is 1. The van der Waals surface area contributed by atoms with E-state index in [-0.39, 0.29) is 30.2 Å². The lowest BCUT2D eigenvalue weighted by atomic mass is 9.70. The number of nitrogens with zero attached hydrogens (tertiary/aromatic N) is 1. The van der Waals surface area contributed by atoms with Crippen molar-refractivity contribution in [2.75, 3.05) is 0 Å². The number of nitrogens with one attached hydrogen (secondary N) is 2. The van der Waals surface area contributed by atoms with Crippen molar-refractivity contribution in [3.05, 3.63) is 64.5 Å². The third-order valence-electron chi connectivity index (χ3n) is 6.27. The fraction of sp³-hybridized carbons (Fsp3) is 0.348. The summed E-state index contributed by atoms with van der Waals surface area (Å²) in [6.45, 7) is 1.82. The Kier molecular flexibility index (Phi) is 5.55. The van der Waals surface area contributed by atoms with Crippen molar-refractivity contribution >= 4 is 23.5 Å². The van der Waals surface area contributed by atoms with E-state index in [9.17, 15) is 32.3 Å². The fourth-order valence-electron chi connectivity index (χ4n) is 4.47. The average molecular weight is 459 g/mol. The lowest BCUT2D eigenvalue weighted by Gasteiger charge is -2.33. The number of hydrogen-bond donors (Lipinski definition) is 2. The highest BCUT2D eigenvalue weighted by Gasteiger charge is 2.51. The first-order valence-electron chi connectivity index (χ1n) is 10.3. The summed E-state index contributed by atoms with van der Waals surface area (Å²) in [6.07, 6.45) is -2.89. The van der Waals surface area contributed by atoms with Crippen LogP contribution in [0.25, 0.3) is 0 Å². The molecule has 2 aliphatic rings. The fourth-order valence-corrected chi connectivity index (χ4v) is 4.47. The summed E-state index contributed by atoms with van der Waals surface area (Å²) in [5.41, 5.74) is -0.103. The molecule has 2 heterocycles. The van der Waals surface area contributed by atoms with Crippen LogP contribution >= 0.6 is 0 Å². The smallest absolute Gasteiger partial charge is 0.348 e. The van der Waals surface area contributed by atoms with Crippen LogP contribution in [-0.2, 0) is 28.7 Å². The minimum atomic E-state index is -4.58. The van der Waals surface area contributed by atoms with Gasteiger partial charge < -0.3 is 5.32 Å². The van der Waals surface area contributed by atoms with Gasteiger partial charge in [-0.05, 0) is 36.1 Å². The maximum atomic E-state index is 13.1. The van der Waals surface area contributed by atoms with Gasteiger partial charge in [-0.1, -0.05) is 25.1 Å². The molecule has 33 heavy (non-hydrogen) atoms. The number of fused-ring (bicyclic) bond motifs is 1. The van der Waals surface area contributed by atoms with Crippen LogP contribution in [0.4, 0.5) is 13.2 Å². The number of pyridine rings is 1. The molecule has 0 saturated carbocycles. The quantitative estimate of drug-likeness (QED) is 0.685. The molecule has 2 aromatic rings. The summed E-state index contributed by atoms with van der Waals surface area (Å²) in [4.78, 5) is 52.5. The van der Waals surface area contributed by atoms with Gasteiger partial charge in [0.05, 0.1) is 11.5 Å². The topological polar surface area (TPSA) is 105 Å². The highest BCUT2D eigenvalue weighted by Crippen LogP contribution is 2.45. The second-order valence-electron chi connectivity index (χ2n) is 8.53. The van der Waals surface area contributed by atoms with Gasteiger partial charge in [-0.25, -0.2) is 0 Å². The molecule has 0 bridgehead atoms. The largest absolute Gasteiger partial charge is 0.433 e. The third-order valence-corrected chi connectivity index (χ3v) is 6.27. The third kappa shape index (κ3) is 4.24. The van der Waals surface area contributed by atoms with Crippen LogP contribution in [0.5, 0.6) is 0 Å². The molecule has 0 radical (unpaired) electrons. The van der Waals surface area contributed by atoms with E-state index in [0.717, 1.165) is 23.9 Å². The number of piperidine rings is 1. The Bertz CT molecular complexity index is 1160. The standard InChI is InChI=1S/C23H20F3N3O4/c1-22(16-5-7-18(30)29-21(16)33)9-14-8-12(2-4-15(14)19(22)31)10-28-20(32)13-3-6-17(27-11-13)23(24,25)26/h2-4,6,8,11,16H,5,7,9-10H2,1H3,(H,28,32)(H,29,30,33)/t16?,22-/m0/s1. The zero-order chi connectivity index (χ0) is 24.0. The van der Waals surface area contributed by atoms with Crippen LogP contribution in [-0.4, -0.2) is 28.5 Å². The number of carbonyl (C=O) groups excluding carboxylic acids is 4. The van der Waals surface area contributed by atoms with E-state index in [1.165, 1.54) is 0 Å². The number of ketones is 1. The first-order chi connectivity index (χ1) is 15.5. The highest BCUT2D eigenvalue weighted by molar-refractivity contribution is 6.09. The van der Waals surface area contributed by atoms with Crippen LogP contribution in [0.1, 0.15) is 57.3 Å². The Morgan fingerprint density at radius 1 is 1.21 bits per heavy atom. The van der Waals surface area contributed by atoms with E-state index >= 15 is 0 Å². The number of hydrogen-bond acceptors (Lipinski definition) is 5. The molecule has 0 spiro atoms. The van der Waals surface area contributed by atoms with Crippen LogP contribution in [0.15, 0.2) is 36.5 Å². The van der Waals surface area contributed by atoms with Crippen molar-refractivity contribution in [1.82, 2.24) is 15.6 Å². The van der Waals surface area contributed by atoms with Crippen LogP contribution in [0.3, 0.4) is 0 Å². The second-order valence-corrected chi connectivity index (χ2v) is 8.53. The van der Waals surface area contributed by atoms with Gasteiger partial charge in [-0.15, -0.1) is 0 Å². The lowest BCUT2D eigenvalue weighted by Crippen LogP contribution is -2.49. The van der Waals surface area contributed by atoms with E-state index in [0.29, 0.717) is 24.0 Å². The highest BCUT2D eigenvalue weighted by atomic mass is 19.4. The minimum Gasteiger partial charge on any atom is -0.348 e. The number of alkyl halides is 3. The van der Waals surface area contributed by atoms with Crippen LogP contribution < -0.4 is 10.6 Å². The SMILES string of the molecule is C[C@@]1(C2CCC(=O)NC2=O)Cc2cc(CNC(=O)c3ccc(C(F)(F)F)nc3)ccc2C1=O. The molecule has 3 amide bonds.